The number of hydrogen-bond acceptors (Lipinski definition) is 4. The first-order chi connectivity index (χ1) is 7.74. The second kappa shape index (κ2) is 8.03. The lowest BCUT2D eigenvalue weighted by Crippen LogP contribution is -2.32. The highest BCUT2D eigenvalue weighted by Gasteiger charge is 2.16. The van der Waals surface area contributed by atoms with E-state index >= 15 is 0 Å². The molecule has 0 saturated heterocycles. The van der Waals surface area contributed by atoms with Gasteiger partial charge in [0.1, 0.15) is 4.83 Å². The molecule has 1 aliphatic carbocycles. The van der Waals surface area contributed by atoms with Gasteiger partial charge in [-0.05, 0) is 12.8 Å². The highest BCUT2D eigenvalue weighted by atomic mass is 79.9. The summed E-state index contributed by atoms with van der Waals surface area (Å²) in [5.41, 5.74) is 0. The Balaban J connectivity index is 1.92. The molecule has 0 aromatic rings. The normalized spacial score (nSPS) is 18.6. The largest absolute Gasteiger partial charge is 0.468 e. The number of esters is 1. The number of carbonyl (C=O) groups is 1. The smallest absolute Gasteiger partial charge is 0.320 e. The minimum atomic E-state index is -0.274. The number of nitrogens with one attached hydrogen (secondary N) is 1. The average molecular weight is 294 g/mol. The Labute approximate surface area is 105 Å². The van der Waals surface area contributed by atoms with Crippen molar-refractivity contribution in [1.82, 2.24) is 5.32 Å². The Kier molecular flexibility index (Phi) is 7.00. The zero-order chi connectivity index (χ0) is 11.8. The lowest BCUT2D eigenvalue weighted by Gasteiger charge is -2.12. The van der Waals surface area contributed by atoms with Gasteiger partial charge < -0.3 is 14.8 Å². The van der Waals surface area contributed by atoms with Crippen LogP contribution in [-0.4, -0.2) is 43.7 Å². The van der Waals surface area contributed by atoms with Crippen LogP contribution in [-0.2, 0) is 14.3 Å². The van der Waals surface area contributed by atoms with Crippen molar-refractivity contribution in [2.24, 2.45) is 0 Å². The average Bonchev–Trinajstić information content (AvgIpc) is 2.80. The van der Waals surface area contributed by atoms with Crippen LogP contribution >= 0.6 is 15.9 Å². The standard InChI is InChI=1S/C11H20BrNO3/c1-15-11(14)10(12)8-13-6-7-16-9-4-2-3-5-9/h9-10,13H,2-8H2,1H3. The summed E-state index contributed by atoms with van der Waals surface area (Å²) >= 11 is 3.24. The summed E-state index contributed by atoms with van der Waals surface area (Å²) in [5.74, 6) is -0.246. The van der Waals surface area contributed by atoms with Crippen molar-refractivity contribution in [3.8, 4) is 0 Å². The molecule has 1 N–H and O–H groups in total. The first kappa shape index (κ1) is 13.9. The van der Waals surface area contributed by atoms with Crippen molar-refractivity contribution in [2.45, 2.75) is 36.6 Å². The van der Waals surface area contributed by atoms with Crippen molar-refractivity contribution >= 4 is 21.9 Å². The Morgan fingerprint density at radius 2 is 2.19 bits per heavy atom. The van der Waals surface area contributed by atoms with Gasteiger partial charge in [0.2, 0.25) is 0 Å². The quantitative estimate of drug-likeness (QED) is 0.439. The first-order valence-corrected chi connectivity index (χ1v) is 6.70. The molecule has 0 aromatic heterocycles. The third-order valence-electron chi connectivity index (χ3n) is 2.72. The minimum absolute atomic E-state index is 0.246. The molecule has 0 heterocycles. The fraction of sp³-hybridized carbons (Fsp3) is 0.909. The van der Waals surface area contributed by atoms with Gasteiger partial charge in [-0.25, -0.2) is 0 Å². The summed E-state index contributed by atoms with van der Waals surface area (Å²) in [6, 6.07) is 0. The summed E-state index contributed by atoms with van der Waals surface area (Å²) in [4.78, 5) is 10.8. The van der Waals surface area contributed by atoms with Crippen molar-refractivity contribution in [1.29, 1.82) is 0 Å². The molecule has 1 atom stereocenters. The maximum atomic E-state index is 11.0. The predicted molar refractivity (Wildman–Crippen MR) is 65.8 cm³/mol. The number of hydrogen-bond donors (Lipinski definition) is 1. The lowest BCUT2D eigenvalue weighted by molar-refractivity contribution is -0.139. The number of rotatable bonds is 7. The van der Waals surface area contributed by atoms with Crippen LogP contribution in [0.5, 0.6) is 0 Å². The maximum absolute atomic E-state index is 11.0. The number of carbonyl (C=O) groups excluding carboxylic acids is 1. The second-order valence-corrected chi connectivity index (χ2v) is 5.08. The van der Waals surface area contributed by atoms with E-state index in [2.05, 4.69) is 26.0 Å². The lowest BCUT2D eigenvalue weighted by atomic mass is 10.3. The zero-order valence-corrected chi connectivity index (χ0v) is 11.3. The molecular formula is C11H20BrNO3. The van der Waals surface area contributed by atoms with E-state index in [-0.39, 0.29) is 10.8 Å². The van der Waals surface area contributed by atoms with E-state index < -0.39 is 0 Å². The van der Waals surface area contributed by atoms with E-state index in [1.54, 1.807) is 0 Å². The van der Waals surface area contributed by atoms with Gasteiger partial charge in [-0.15, -0.1) is 0 Å². The molecule has 1 fully saturated rings. The van der Waals surface area contributed by atoms with E-state index in [1.807, 2.05) is 0 Å². The van der Waals surface area contributed by atoms with Gasteiger partial charge in [0.15, 0.2) is 0 Å². The van der Waals surface area contributed by atoms with Crippen molar-refractivity contribution in [3.63, 3.8) is 0 Å². The highest BCUT2D eigenvalue weighted by Crippen LogP contribution is 2.20. The molecule has 4 nitrogen and oxygen atoms in total. The second-order valence-electron chi connectivity index (χ2n) is 3.97. The predicted octanol–water partition coefficient (Wildman–Crippen LogP) is 1.47. The molecule has 5 heteroatoms. The zero-order valence-electron chi connectivity index (χ0n) is 9.71. The van der Waals surface area contributed by atoms with Gasteiger partial charge in [-0.3, -0.25) is 4.79 Å². The molecule has 0 aromatic carbocycles. The first-order valence-electron chi connectivity index (χ1n) is 5.78. The van der Waals surface area contributed by atoms with Crippen LogP contribution in [0.25, 0.3) is 0 Å². The van der Waals surface area contributed by atoms with Gasteiger partial charge in [-0.2, -0.15) is 0 Å². The third kappa shape index (κ3) is 5.27. The van der Waals surface area contributed by atoms with Crippen LogP contribution in [0.4, 0.5) is 0 Å². The molecular weight excluding hydrogens is 274 g/mol. The highest BCUT2D eigenvalue weighted by molar-refractivity contribution is 9.10. The van der Waals surface area contributed by atoms with Crippen LogP contribution in [0.1, 0.15) is 25.7 Å². The third-order valence-corrected chi connectivity index (χ3v) is 3.41. The number of methoxy groups -OCH3 is 1. The van der Waals surface area contributed by atoms with E-state index in [0.717, 1.165) is 6.54 Å². The van der Waals surface area contributed by atoms with Crippen molar-refractivity contribution < 1.29 is 14.3 Å². The van der Waals surface area contributed by atoms with Gasteiger partial charge >= 0.3 is 5.97 Å². The number of alkyl halides is 1. The molecule has 0 spiro atoms. The monoisotopic (exact) mass is 293 g/mol. The molecule has 0 radical (unpaired) electrons. The Morgan fingerprint density at radius 1 is 1.50 bits per heavy atom. The Bertz CT molecular complexity index is 207. The minimum Gasteiger partial charge on any atom is -0.468 e. The molecule has 0 bridgehead atoms. The summed E-state index contributed by atoms with van der Waals surface area (Å²) < 4.78 is 10.3. The molecule has 94 valence electrons. The van der Waals surface area contributed by atoms with Crippen molar-refractivity contribution in [3.05, 3.63) is 0 Å². The van der Waals surface area contributed by atoms with Crippen molar-refractivity contribution in [2.75, 3.05) is 26.8 Å². The van der Waals surface area contributed by atoms with E-state index in [4.69, 9.17) is 4.74 Å². The van der Waals surface area contributed by atoms with E-state index in [9.17, 15) is 4.79 Å². The van der Waals surface area contributed by atoms with Crippen LogP contribution < -0.4 is 5.32 Å². The molecule has 0 aliphatic heterocycles. The molecule has 1 rings (SSSR count). The van der Waals surface area contributed by atoms with Crippen LogP contribution in [0.2, 0.25) is 0 Å². The van der Waals surface area contributed by atoms with Gasteiger partial charge in [0.25, 0.3) is 0 Å². The van der Waals surface area contributed by atoms with Crippen LogP contribution in [0.3, 0.4) is 0 Å². The van der Waals surface area contributed by atoms with Gasteiger partial charge in [0.05, 0.1) is 19.8 Å². The number of ether oxygens (including phenoxy) is 2. The molecule has 1 saturated carbocycles. The van der Waals surface area contributed by atoms with Crippen LogP contribution in [0.15, 0.2) is 0 Å². The molecule has 1 aliphatic rings. The van der Waals surface area contributed by atoms with Gasteiger partial charge in [-0.1, -0.05) is 28.8 Å². The topological polar surface area (TPSA) is 47.6 Å². The number of halogens is 1. The maximum Gasteiger partial charge on any atom is 0.320 e. The molecule has 1 unspecified atom stereocenters. The fourth-order valence-corrected chi connectivity index (χ4v) is 2.21. The summed E-state index contributed by atoms with van der Waals surface area (Å²) in [6.07, 6.45) is 5.45. The summed E-state index contributed by atoms with van der Waals surface area (Å²) in [7, 11) is 1.39. The summed E-state index contributed by atoms with van der Waals surface area (Å²) in [5, 5.41) is 3.15. The molecule has 16 heavy (non-hydrogen) atoms. The van der Waals surface area contributed by atoms with E-state index in [1.165, 1.54) is 32.8 Å². The summed E-state index contributed by atoms with van der Waals surface area (Å²) in [6.45, 7) is 2.06. The molecule has 0 amide bonds. The van der Waals surface area contributed by atoms with Gasteiger partial charge in [0, 0.05) is 13.1 Å². The Morgan fingerprint density at radius 3 is 2.81 bits per heavy atom. The van der Waals surface area contributed by atoms with Crippen LogP contribution in [0, 0.1) is 0 Å². The van der Waals surface area contributed by atoms with E-state index in [0.29, 0.717) is 19.3 Å². The fourth-order valence-electron chi connectivity index (χ4n) is 1.79. The SMILES string of the molecule is COC(=O)C(Br)CNCCOC1CCCC1. The Hall–Kier alpha value is -0.130.